The lowest BCUT2D eigenvalue weighted by atomic mass is 10.3. The molecule has 0 aliphatic carbocycles. The second-order valence-electron chi connectivity index (χ2n) is 4.66. The summed E-state index contributed by atoms with van der Waals surface area (Å²) in [4.78, 5) is 4.34. The molecule has 0 amide bonds. The normalized spacial score (nSPS) is 22.3. The molecule has 4 nitrogen and oxygen atoms in total. The lowest BCUT2D eigenvalue weighted by Gasteiger charge is -2.17. The molecule has 2 heterocycles. The van der Waals surface area contributed by atoms with Gasteiger partial charge in [-0.15, -0.1) is 0 Å². The summed E-state index contributed by atoms with van der Waals surface area (Å²) in [7, 11) is 0. The lowest BCUT2D eigenvalue weighted by molar-refractivity contribution is -0.137. The van der Waals surface area contributed by atoms with Crippen molar-refractivity contribution in [1.29, 1.82) is 0 Å². The molecule has 0 saturated carbocycles. The lowest BCUT2D eigenvalue weighted by Crippen LogP contribution is -2.30. The van der Waals surface area contributed by atoms with E-state index in [-0.39, 0.29) is 6.10 Å². The average Bonchev–Trinajstić information content (AvgIpc) is 2.61. The summed E-state index contributed by atoms with van der Waals surface area (Å²) in [5, 5.41) is 3.33. The van der Waals surface area contributed by atoms with E-state index < -0.39 is 5.79 Å². The molecular weight excluding hydrogens is 364 g/mol. The zero-order valence-electron chi connectivity index (χ0n) is 10.4. The number of hydrogen-bond donors (Lipinski definition) is 1. The van der Waals surface area contributed by atoms with Crippen LogP contribution < -0.4 is 5.32 Å². The van der Waals surface area contributed by atoms with E-state index >= 15 is 0 Å². The molecule has 100 valence electrons. The predicted molar refractivity (Wildman–Crippen MR) is 76.2 cm³/mol. The van der Waals surface area contributed by atoms with E-state index in [9.17, 15) is 0 Å². The smallest absolute Gasteiger partial charge is 0.163 e. The largest absolute Gasteiger partial charge is 0.348 e. The van der Waals surface area contributed by atoms with Gasteiger partial charge in [-0.1, -0.05) is 0 Å². The van der Waals surface area contributed by atoms with E-state index in [2.05, 4.69) is 42.2 Å². The van der Waals surface area contributed by atoms with Crippen molar-refractivity contribution in [1.82, 2.24) is 10.3 Å². The van der Waals surface area contributed by atoms with Gasteiger partial charge < -0.3 is 14.8 Å². The van der Waals surface area contributed by atoms with E-state index in [0.29, 0.717) is 13.2 Å². The Labute approximate surface area is 124 Å². The first-order valence-electron chi connectivity index (χ1n) is 5.79. The topological polar surface area (TPSA) is 43.4 Å². The minimum atomic E-state index is -0.456. The number of pyridine rings is 1. The Bertz CT molecular complexity index is 427. The summed E-state index contributed by atoms with van der Waals surface area (Å²) in [6.07, 6.45) is 1.90. The Morgan fingerprint density at radius 3 is 2.89 bits per heavy atom. The first-order valence-corrected chi connectivity index (χ1v) is 7.37. The predicted octanol–water partition coefficient (Wildman–Crippen LogP) is 2.85. The fourth-order valence-electron chi connectivity index (χ4n) is 1.79. The highest BCUT2D eigenvalue weighted by Gasteiger charge is 2.32. The van der Waals surface area contributed by atoms with Gasteiger partial charge in [0.25, 0.3) is 0 Å². The fourth-order valence-corrected chi connectivity index (χ4v) is 2.92. The maximum atomic E-state index is 5.71. The van der Waals surface area contributed by atoms with Crippen molar-refractivity contribution in [3.8, 4) is 0 Å². The maximum Gasteiger partial charge on any atom is 0.163 e. The summed E-state index contributed by atoms with van der Waals surface area (Å²) in [6.45, 7) is 5.95. The third-order valence-corrected chi connectivity index (χ3v) is 3.74. The summed E-state index contributed by atoms with van der Waals surface area (Å²) >= 11 is 6.87. The van der Waals surface area contributed by atoms with Crippen molar-refractivity contribution >= 4 is 31.9 Å². The highest BCUT2D eigenvalue weighted by Crippen LogP contribution is 2.22. The van der Waals surface area contributed by atoms with Crippen LogP contribution in [0.3, 0.4) is 0 Å². The van der Waals surface area contributed by atoms with Gasteiger partial charge in [-0.25, -0.2) is 0 Å². The molecule has 0 radical (unpaired) electrons. The summed E-state index contributed by atoms with van der Waals surface area (Å²) in [5.74, 6) is -0.456. The molecule has 1 aliphatic heterocycles. The molecular formula is C12H16Br2N2O2. The molecule has 2 rings (SSSR count). The summed E-state index contributed by atoms with van der Waals surface area (Å²) < 4.78 is 13.2. The molecule has 1 N–H and O–H groups in total. The van der Waals surface area contributed by atoms with Crippen molar-refractivity contribution < 1.29 is 9.47 Å². The van der Waals surface area contributed by atoms with Crippen molar-refractivity contribution in [3.63, 3.8) is 0 Å². The van der Waals surface area contributed by atoms with Gasteiger partial charge in [-0.2, -0.15) is 0 Å². The van der Waals surface area contributed by atoms with Gasteiger partial charge in [0, 0.05) is 28.2 Å². The minimum Gasteiger partial charge on any atom is -0.348 e. The zero-order valence-corrected chi connectivity index (χ0v) is 13.5. The van der Waals surface area contributed by atoms with Crippen LogP contribution in [0.15, 0.2) is 21.2 Å². The number of ether oxygens (including phenoxy) is 2. The third kappa shape index (κ3) is 3.99. The quantitative estimate of drug-likeness (QED) is 0.873. The summed E-state index contributed by atoms with van der Waals surface area (Å²) in [6, 6.07) is 1.99. The molecule has 1 aromatic heterocycles. The molecule has 0 aromatic carbocycles. The van der Waals surface area contributed by atoms with Crippen LogP contribution in [-0.2, 0) is 16.0 Å². The Kier molecular flexibility index (Phi) is 4.77. The molecule has 1 saturated heterocycles. The number of halogens is 2. The van der Waals surface area contributed by atoms with Crippen LogP contribution >= 0.6 is 31.9 Å². The second kappa shape index (κ2) is 5.96. The molecule has 1 fully saturated rings. The fraction of sp³-hybridized carbons (Fsp3) is 0.583. The van der Waals surface area contributed by atoms with Gasteiger partial charge in [-0.05, 0) is 51.8 Å². The van der Waals surface area contributed by atoms with Crippen LogP contribution in [0.1, 0.15) is 19.5 Å². The third-order valence-electron chi connectivity index (χ3n) is 2.62. The number of hydrogen-bond acceptors (Lipinski definition) is 4. The molecule has 0 bridgehead atoms. The number of nitrogens with one attached hydrogen (secondary N) is 1. The van der Waals surface area contributed by atoms with E-state index in [4.69, 9.17) is 9.47 Å². The number of rotatable bonds is 4. The minimum absolute atomic E-state index is 0.106. The number of nitrogens with zero attached hydrogens (tertiary/aromatic N) is 1. The zero-order chi connectivity index (χ0) is 13.2. The van der Waals surface area contributed by atoms with Crippen LogP contribution in [-0.4, -0.2) is 30.0 Å². The van der Waals surface area contributed by atoms with Crippen LogP contribution in [0.5, 0.6) is 0 Å². The van der Waals surface area contributed by atoms with Crippen LogP contribution in [0.2, 0.25) is 0 Å². The van der Waals surface area contributed by atoms with E-state index in [1.165, 1.54) is 0 Å². The van der Waals surface area contributed by atoms with Crippen molar-refractivity contribution in [2.75, 3.05) is 13.2 Å². The first kappa shape index (κ1) is 14.4. The average molecular weight is 380 g/mol. The van der Waals surface area contributed by atoms with Crippen LogP contribution in [0.25, 0.3) is 0 Å². The Morgan fingerprint density at radius 1 is 1.50 bits per heavy atom. The van der Waals surface area contributed by atoms with E-state index in [1.807, 2.05) is 19.9 Å². The first-order chi connectivity index (χ1) is 8.46. The van der Waals surface area contributed by atoms with Gasteiger partial charge in [0.05, 0.1) is 18.4 Å². The Hall–Kier alpha value is -0.0100. The van der Waals surface area contributed by atoms with Crippen molar-refractivity contribution in [3.05, 3.63) is 26.9 Å². The maximum absolute atomic E-state index is 5.71. The van der Waals surface area contributed by atoms with E-state index in [1.54, 1.807) is 6.20 Å². The molecule has 1 atom stereocenters. The second-order valence-corrected chi connectivity index (χ2v) is 6.43. The highest BCUT2D eigenvalue weighted by molar-refractivity contribution is 9.11. The number of aromatic nitrogens is 1. The molecule has 0 spiro atoms. The Morgan fingerprint density at radius 2 is 2.28 bits per heavy atom. The Balaban J connectivity index is 1.79. The van der Waals surface area contributed by atoms with Crippen molar-refractivity contribution in [2.24, 2.45) is 0 Å². The molecule has 18 heavy (non-hydrogen) atoms. The molecule has 1 aliphatic rings. The van der Waals surface area contributed by atoms with Gasteiger partial charge >= 0.3 is 0 Å². The van der Waals surface area contributed by atoms with E-state index in [0.717, 1.165) is 21.2 Å². The molecule has 6 heteroatoms. The van der Waals surface area contributed by atoms with Crippen molar-refractivity contribution in [2.45, 2.75) is 32.3 Å². The van der Waals surface area contributed by atoms with Gasteiger partial charge in [-0.3, -0.25) is 4.98 Å². The molecule has 1 aromatic rings. The summed E-state index contributed by atoms with van der Waals surface area (Å²) in [5.41, 5.74) is 0.983. The van der Waals surface area contributed by atoms with Gasteiger partial charge in [0.1, 0.15) is 0 Å². The SMILES string of the molecule is CC1(C)OCC(CNCc2ncc(Br)cc2Br)O1. The van der Waals surface area contributed by atoms with Gasteiger partial charge in [0.15, 0.2) is 5.79 Å². The van der Waals surface area contributed by atoms with Crippen LogP contribution in [0, 0.1) is 0 Å². The van der Waals surface area contributed by atoms with Gasteiger partial charge in [0.2, 0.25) is 0 Å². The van der Waals surface area contributed by atoms with Crippen LogP contribution in [0.4, 0.5) is 0 Å². The standard InChI is InChI=1S/C12H16Br2N2O2/c1-12(2)17-7-9(18-12)5-15-6-11-10(14)3-8(13)4-16-11/h3-4,9,15H,5-7H2,1-2H3. The highest BCUT2D eigenvalue weighted by atomic mass is 79.9. The molecule has 1 unspecified atom stereocenters. The monoisotopic (exact) mass is 378 g/mol.